The van der Waals surface area contributed by atoms with E-state index in [2.05, 4.69) is 41.7 Å². The van der Waals surface area contributed by atoms with Gasteiger partial charge in [0.1, 0.15) is 5.82 Å². The number of pyridine rings is 1. The number of benzene rings is 1. The lowest BCUT2D eigenvalue weighted by molar-refractivity contribution is 0.765. The van der Waals surface area contributed by atoms with E-state index in [0.29, 0.717) is 0 Å². The van der Waals surface area contributed by atoms with Crippen LogP contribution in [-0.4, -0.2) is 10.4 Å². The topological polar surface area (TPSA) is 24.9 Å². The molecule has 0 spiro atoms. The van der Waals surface area contributed by atoms with Gasteiger partial charge in [0.2, 0.25) is 0 Å². The Kier molecular flexibility index (Phi) is 2.92. The zero-order valence-corrected chi connectivity index (χ0v) is 12.0. The van der Waals surface area contributed by atoms with Crippen molar-refractivity contribution in [3.63, 3.8) is 0 Å². The average Bonchev–Trinajstić information content (AvgIpc) is 3.04. The van der Waals surface area contributed by atoms with Crippen LogP contribution in [0, 0.1) is 0 Å². The molecule has 0 saturated carbocycles. The Hall–Kier alpha value is -1.54. The van der Waals surface area contributed by atoms with E-state index in [0.717, 1.165) is 18.7 Å². The van der Waals surface area contributed by atoms with Gasteiger partial charge in [-0.05, 0) is 48.4 Å². The van der Waals surface area contributed by atoms with Crippen LogP contribution in [0.15, 0.2) is 36.4 Å². The highest BCUT2D eigenvalue weighted by molar-refractivity contribution is 6.21. The fourth-order valence-electron chi connectivity index (χ4n) is 3.37. The van der Waals surface area contributed by atoms with Crippen LogP contribution in [0.2, 0.25) is 0 Å². The van der Waals surface area contributed by atoms with E-state index in [9.17, 15) is 0 Å². The van der Waals surface area contributed by atoms with Gasteiger partial charge in [0, 0.05) is 5.69 Å². The van der Waals surface area contributed by atoms with Crippen LogP contribution < -0.4 is 5.32 Å². The molecule has 0 radical (unpaired) electrons. The number of nitrogens with zero attached hydrogens (tertiary/aromatic N) is 1. The standard InChI is InChI=1S/C17H17ClN2/c18-14-10-12-4-1-2-6-13(12)17(14)20-16-9-8-11-5-3-7-15(11)19-16/h1-2,4,6,8-9,14,17H,3,5,7,10H2,(H,19,20). The summed E-state index contributed by atoms with van der Waals surface area (Å²) in [5, 5.41) is 3.63. The summed E-state index contributed by atoms with van der Waals surface area (Å²) in [6.07, 6.45) is 4.44. The second kappa shape index (κ2) is 4.78. The minimum atomic E-state index is 0.0995. The summed E-state index contributed by atoms with van der Waals surface area (Å²) < 4.78 is 0. The van der Waals surface area contributed by atoms with Crippen LogP contribution in [0.5, 0.6) is 0 Å². The van der Waals surface area contributed by atoms with Gasteiger partial charge in [-0.2, -0.15) is 0 Å². The molecule has 2 aliphatic rings. The SMILES string of the molecule is ClC1Cc2ccccc2C1Nc1ccc2c(n1)CCC2. The van der Waals surface area contributed by atoms with Gasteiger partial charge < -0.3 is 5.32 Å². The highest BCUT2D eigenvalue weighted by Crippen LogP contribution is 2.37. The van der Waals surface area contributed by atoms with Crippen LogP contribution in [0.25, 0.3) is 0 Å². The zero-order chi connectivity index (χ0) is 13.5. The molecular weight excluding hydrogens is 268 g/mol. The van der Waals surface area contributed by atoms with E-state index >= 15 is 0 Å². The average molecular weight is 285 g/mol. The van der Waals surface area contributed by atoms with Crippen molar-refractivity contribution in [3.05, 3.63) is 58.8 Å². The predicted octanol–water partition coefficient (Wildman–Crippen LogP) is 3.89. The van der Waals surface area contributed by atoms with E-state index in [4.69, 9.17) is 16.6 Å². The first-order chi connectivity index (χ1) is 9.81. The number of nitrogens with one attached hydrogen (secondary N) is 1. The van der Waals surface area contributed by atoms with Crippen molar-refractivity contribution in [1.29, 1.82) is 0 Å². The fraction of sp³-hybridized carbons (Fsp3) is 0.353. The molecule has 1 aromatic heterocycles. The van der Waals surface area contributed by atoms with E-state index in [1.165, 1.54) is 35.2 Å². The van der Waals surface area contributed by atoms with Crippen molar-refractivity contribution in [2.75, 3.05) is 5.32 Å². The summed E-state index contributed by atoms with van der Waals surface area (Å²) in [5.41, 5.74) is 5.33. The molecule has 3 heteroatoms. The van der Waals surface area contributed by atoms with E-state index in [1.807, 2.05) is 0 Å². The minimum absolute atomic E-state index is 0.0995. The first-order valence-electron chi connectivity index (χ1n) is 7.28. The molecule has 0 fully saturated rings. The summed E-state index contributed by atoms with van der Waals surface area (Å²) in [5.74, 6) is 0.956. The molecule has 2 atom stereocenters. The van der Waals surface area contributed by atoms with Crippen LogP contribution in [0.3, 0.4) is 0 Å². The summed E-state index contributed by atoms with van der Waals surface area (Å²) >= 11 is 6.52. The van der Waals surface area contributed by atoms with E-state index < -0.39 is 0 Å². The Bertz CT molecular complexity index is 653. The monoisotopic (exact) mass is 284 g/mol. The van der Waals surface area contributed by atoms with Gasteiger partial charge >= 0.3 is 0 Å². The Morgan fingerprint density at radius 2 is 1.95 bits per heavy atom. The molecule has 1 aromatic carbocycles. The molecule has 2 aliphatic carbocycles. The van der Waals surface area contributed by atoms with Crippen molar-refractivity contribution in [2.24, 2.45) is 0 Å². The first-order valence-corrected chi connectivity index (χ1v) is 7.72. The zero-order valence-electron chi connectivity index (χ0n) is 11.3. The van der Waals surface area contributed by atoms with Crippen LogP contribution in [-0.2, 0) is 19.3 Å². The number of aromatic nitrogens is 1. The number of aryl methyl sites for hydroxylation is 2. The molecular formula is C17H17ClN2. The van der Waals surface area contributed by atoms with Gasteiger partial charge in [-0.1, -0.05) is 30.3 Å². The Morgan fingerprint density at radius 3 is 2.90 bits per heavy atom. The van der Waals surface area contributed by atoms with Gasteiger partial charge in [0.15, 0.2) is 0 Å². The van der Waals surface area contributed by atoms with Crippen molar-refractivity contribution in [2.45, 2.75) is 37.1 Å². The third-order valence-electron chi connectivity index (χ3n) is 4.40. The fourth-order valence-corrected chi connectivity index (χ4v) is 3.74. The van der Waals surface area contributed by atoms with Crippen molar-refractivity contribution >= 4 is 17.4 Å². The highest BCUT2D eigenvalue weighted by atomic mass is 35.5. The third-order valence-corrected chi connectivity index (χ3v) is 4.80. The quantitative estimate of drug-likeness (QED) is 0.847. The lowest BCUT2D eigenvalue weighted by Gasteiger charge is -2.18. The first kappa shape index (κ1) is 12.2. The van der Waals surface area contributed by atoms with Crippen molar-refractivity contribution < 1.29 is 0 Å². The summed E-state index contributed by atoms with van der Waals surface area (Å²) in [6, 6.07) is 13.0. The van der Waals surface area contributed by atoms with Crippen LogP contribution in [0.4, 0.5) is 5.82 Å². The molecule has 0 bridgehead atoms. The van der Waals surface area contributed by atoms with Gasteiger partial charge in [0.25, 0.3) is 0 Å². The van der Waals surface area contributed by atoms with E-state index in [1.54, 1.807) is 0 Å². The van der Waals surface area contributed by atoms with Gasteiger partial charge in [-0.15, -0.1) is 11.6 Å². The lowest BCUT2D eigenvalue weighted by atomic mass is 10.1. The van der Waals surface area contributed by atoms with Gasteiger partial charge in [0.05, 0.1) is 11.4 Å². The van der Waals surface area contributed by atoms with Crippen molar-refractivity contribution in [3.8, 4) is 0 Å². The molecule has 20 heavy (non-hydrogen) atoms. The molecule has 1 N–H and O–H groups in total. The molecule has 0 saturated heterocycles. The molecule has 0 aliphatic heterocycles. The number of fused-ring (bicyclic) bond motifs is 2. The maximum atomic E-state index is 6.52. The maximum absolute atomic E-state index is 6.52. The number of hydrogen-bond donors (Lipinski definition) is 1. The second-order valence-electron chi connectivity index (χ2n) is 5.70. The number of hydrogen-bond acceptors (Lipinski definition) is 2. The molecule has 1 heterocycles. The molecule has 102 valence electrons. The Labute approximate surface area is 124 Å². The summed E-state index contributed by atoms with van der Waals surface area (Å²) in [7, 11) is 0. The third kappa shape index (κ3) is 1.99. The predicted molar refractivity (Wildman–Crippen MR) is 82.4 cm³/mol. The maximum Gasteiger partial charge on any atom is 0.126 e. The second-order valence-corrected chi connectivity index (χ2v) is 6.26. The molecule has 4 rings (SSSR count). The summed E-state index contributed by atoms with van der Waals surface area (Å²) in [4.78, 5) is 4.75. The number of anilines is 1. The molecule has 0 amide bonds. The number of rotatable bonds is 2. The summed E-state index contributed by atoms with van der Waals surface area (Å²) in [6.45, 7) is 0. The van der Waals surface area contributed by atoms with Gasteiger partial charge in [-0.25, -0.2) is 4.98 Å². The number of halogens is 1. The van der Waals surface area contributed by atoms with Gasteiger partial charge in [-0.3, -0.25) is 0 Å². The smallest absolute Gasteiger partial charge is 0.126 e. The largest absolute Gasteiger partial charge is 0.362 e. The van der Waals surface area contributed by atoms with E-state index in [-0.39, 0.29) is 11.4 Å². The molecule has 2 aromatic rings. The number of alkyl halides is 1. The minimum Gasteiger partial charge on any atom is -0.362 e. The molecule has 2 unspecified atom stereocenters. The Morgan fingerprint density at radius 1 is 1.05 bits per heavy atom. The van der Waals surface area contributed by atoms with Crippen LogP contribution >= 0.6 is 11.6 Å². The lowest BCUT2D eigenvalue weighted by Crippen LogP contribution is -2.17. The van der Waals surface area contributed by atoms with Crippen LogP contribution in [0.1, 0.15) is 34.8 Å². The van der Waals surface area contributed by atoms with Crippen molar-refractivity contribution in [1.82, 2.24) is 4.98 Å². The molecule has 2 nitrogen and oxygen atoms in total. The Balaban J connectivity index is 1.63. The highest BCUT2D eigenvalue weighted by Gasteiger charge is 2.31. The normalized spacial score (nSPS) is 23.4.